The normalized spacial score (nSPS) is 24.1. The van der Waals surface area contributed by atoms with Crippen molar-refractivity contribution in [2.45, 2.75) is 25.5 Å². The van der Waals surface area contributed by atoms with Gasteiger partial charge in [0.1, 0.15) is 0 Å². The molecule has 0 bridgehead atoms. The lowest BCUT2D eigenvalue weighted by molar-refractivity contribution is -0.118. The fourth-order valence-corrected chi connectivity index (χ4v) is 2.78. The largest absolute Gasteiger partial charge is 0.493 e. The first kappa shape index (κ1) is 12.8. The molecule has 106 valence electrons. The van der Waals surface area contributed by atoms with E-state index in [1.54, 1.807) is 19.1 Å². The van der Waals surface area contributed by atoms with Crippen molar-refractivity contribution in [1.29, 1.82) is 0 Å². The minimum atomic E-state index is -0.902. The topological polar surface area (TPSA) is 65.1 Å². The molecule has 0 radical (unpaired) electrons. The number of esters is 1. The predicted molar refractivity (Wildman–Crippen MR) is 70.1 cm³/mol. The molecule has 3 rings (SSSR count). The smallest absolute Gasteiger partial charge is 0.342 e. The van der Waals surface area contributed by atoms with Crippen molar-refractivity contribution < 1.29 is 23.8 Å². The highest BCUT2D eigenvalue weighted by Crippen LogP contribution is 2.45. The van der Waals surface area contributed by atoms with Crippen molar-refractivity contribution in [1.82, 2.24) is 0 Å². The van der Waals surface area contributed by atoms with Crippen molar-refractivity contribution >= 4 is 17.6 Å². The van der Waals surface area contributed by atoms with E-state index in [1.807, 2.05) is 0 Å². The van der Waals surface area contributed by atoms with Gasteiger partial charge < -0.3 is 14.2 Å². The van der Waals surface area contributed by atoms with E-state index in [9.17, 15) is 9.59 Å². The van der Waals surface area contributed by atoms with Crippen LogP contribution in [0, 0.1) is 0 Å². The third kappa shape index (κ3) is 1.57. The summed E-state index contributed by atoms with van der Waals surface area (Å²) in [5.41, 5.74) is -0.0694. The van der Waals surface area contributed by atoms with Crippen LogP contribution >= 0.6 is 0 Å². The molecule has 2 heterocycles. The summed E-state index contributed by atoms with van der Waals surface area (Å²) in [6, 6.07) is 3.19. The molecule has 0 N–H and O–H groups in total. The molecule has 1 atom stereocenters. The summed E-state index contributed by atoms with van der Waals surface area (Å²) in [5, 5.41) is 0. The lowest BCUT2D eigenvalue weighted by Gasteiger charge is -2.39. The van der Waals surface area contributed by atoms with E-state index < -0.39 is 11.7 Å². The zero-order chi connectivity index (χ0) is 14.5. The second-order valence-electron chi connectivity index (χ2n) is 5.02. The number of anilines is 1. The number of carbonyl (C=O) groups excluding carboxylic acids is 2. The van der Waals surface area contributed by atoms with Crippen LogP contribution < -0.4 is 14.4 Å². The molecule has 1 aromatic rings. The molecule has 1 unspecified atom stereocenters. The summed E-state index contributed by atoms with van der Waals surface area (Å²) >= 11 is 0. The zero-order valence-corrected chi connectivity index (χ0v) is 11.6. The van der Waals surface area contributed by atoms with E-state index in [4.69, 9.17) is 14.2 Å². The van der Waals surface area contributed by atoms with Gasteiger partial charge in [-0.25, -0.2) is 4.79 Å². The van der Waals surface area contributed by atoms with Gasteiger partial charge in [0.2, 0.25) is 5.91 Å². The first-order valence-electron chi connectivity index (χ1n) is 6.32. The Hall–Kier alpha value is -2.24. The molecule has 2 aliphatic heterocycles. The number of ether oxygens (including phenoxy) is 3. The van der Waals surface area contributed by atoms with E-state index >= 15 is 0 Å². The average Bonchev–Trinajstić information content (AvgIpc) is 2.73. The Morgan fingerprint density at radius 3 is 2.50 bits per heavy atom. The summed E-state index contributed by atoms with van der Waals surface area (Å²) in [4.78, 5) is 25.8. The van der Waals surface area contributed by atoms with Crippen LogP contribution in [0.25, 0.3) is 0 Å². The highest BCUT2D eigenvalue weighted by molar-refractivity contribution is 6.08. The van der Waals surface area contributed by atoms with Gasteiger partial charge in [-0.2, -0.15) is 0 Å². The van der Waals surface area contributed by atoms with E-state index in [0.717, 1.165) is 0 Å². The number of hydrogen-bond donors (Lipinski definition) is 0. The lowest BCUT2D eigenvalue weighted by atomic mass is 10.0. The molecule has 0 spiro atoms. The summed E-state index contributed by atoms with van der Waals surface area (Å²) in [5.74, 6) is 0.393. The molecule has 1 fully saturated rings. The second-order valence-corrected chi connectivity index (χ2v) is 5.02. The number of rotatable bonds is 2. The Balaban J connectivity index is 2.22. The van der Waals surface area contributed by atoms with Crippen LogP contribution in [-0.4, -0.2) is 31.8 Å². The Morgan fingerprint density at radius 1 is 1.20 bits per heavy atom. The Labute approximate surface area is 116 Å². The van der Waals surface area contributed by atoms with Crippen molar-refractivity contribution in [2.24, 2.45) is 0 Å². The van der Waals surface area contributed by atoms with Crippen molar-refractivity contribution in [3.8, 4) is 11.5 Å². The highest BCUT2D eigenvalue weighted by Gasteiger charge is 2.50. The average molecular weight is 277 g/mol. The highest BCUT2D eigenvalue weighted by atomic mass is 16.6. The summed E-state index contributed by atoms with van der Waals surface area (Å²) in [6.07, 6.45) is 0.850. The number of carbonyl (C=O) groups is 2. The molecule has 0 aliphatic carbocycles. The summed E-state index contributed by atoms with van der Waals surface area (Å²) < 4.78 is 15.9. The fraction of sp³-hybridized carbons (Fsp3) is 0.429. The van der Waals surface area contributed by atoms with Crippen molar-refractivity contribution in [3.63, 3.8) is 0 Å². The molecule has 6 nitrogen and oxygen atoms in total. The Bertz CT molecular complexity index is 612. The van der Waals surface area contributed by atoms with Crippen molar-refractivity contribution in [2.75, 3.05) is 19.1 Å². The molecule has 20 heavy (non-hydrogen) atoms. The van der Waals surface area contributed by atoms with Crippen LogP contribution in [0.2, 0.25) is 0 Å². The van der Waals surface area contributed by atoms with Gasteiger partial charge in [-0.3, -0.25) is 9.69 Å². The van der Waals surface area contributed by atoms with Gasteiger partial charge in [-0.05, 0) is 6.92 Å². The number of methoxy groups -OCH3 is 2. The summed E-state index contributed by atoms with van der Waals surface area (Å²) in [7, 11) is 3.00. The Morgan fingerprint density at radius 2 is 1.85 bits per heavy atom. The van der Waals surface area contributed by atoms with Gasteiger partial charge in [0, 0.05) is 25.0 Å². The minimum absolute atomic E-state index is 0.0616. The number of hydrogen-bond acceptors (Lipinski definition) is 5. The van der Waals surface area contributed by atoms with Crippen LogP contribution in [0.4, 0.5) is 5.69 Å². The molecule has 0 aromatic heterocycles. The molecule has 0 saturated carbocycles. The maximum Gasteiger partial charge on any atom is 0.342 e. The third-order valence-corrected chi connectivity index (χ3v) is 3.80. The third-order valence-electron chi connectivity index (χ3n) is 3.80. The van der Waals surface area contributed by atoms with Crippen LogP contribution in [-0.2, 0) is 9.53 Å². The monoisotopic (exact) mass is 277 g/mol. The zero-order valence-electron chi connectivity index (χ0n) is 11.6. The first-order chi connectivity index (χ1) is 9.50. The first-order valence-corrected chi connectivity index (χ1v) is 6.32. The van der Waals surface area contributed by atoms with E-state index in [-0.39, 0.29) is 5.91 Å². The number of amides is 1. The Kier molecular flexibility index (Phi) is 2.64. The van der Waals surface area contributed by atoms with Crippen LogP contribution in [0.15, 0.2) is 12.1 Å². The lowest BCUT2D eigenvalue weighted by Crippen LogP contribution is -2.50. The molecule has 6 heteroatoms. The van der Waals surface area contributed by atoms with E-state index in [1.165, 1.54) is 19.1 Å². The molecular weight excluding hydrogens is 262 g/mol. The second kappa shape index (κ2) is 4.13. The maximum absolute atomic E-state index is 12.2. The van der Waals surface area contributed by atoms with Gasteiger partial charge in [0.25, 0.3) is 0 Å². The van der Waals surface area contributed by atoms with Gasteiger partial charge in [-0.15, -0.1) is 0 Å². The minimum Gasteiger partial charge on any atom is -0.493 e. The predicted octanol–water partition coefficient (Wildman–Crippen LogP) is 1.72. The van der Waals surface area contributed by atoms with Crippen LogP contribution in [0.1, 0.15) is 30.1 Å². The molecule has 1 aromatic carbocycles. The SMILES string of the molecule is COc1cc2c(cc1OC)N1C(=O)CCC1(C)OC2=O. The number of fused-ring (bicyclic) bond motifs is 3. The molecular formula is C14H15NO5. The standard InChI is InChI=1S/C14H15NO5/c1-14-5-4-12(16)15(14)9-7-11(19-3)10(18-2)6-8(9)13(17)20-14/h6-7H,4-5H2,1-3H3. The quantitative estimate of drug-likeness (QED) is 0.770. The van der Waals surface area contributed by atoms with E-state index in [2.05, 4.69) is 0 Å². The van der Waals surface area contributed by atoms with E-state index in [0.29, 0.717) is 35.6 Å². The van der Waals surface area contributed by atoms with Gasteiger partial charge in [0.05, 0.1) is 25.5 Å². The van der Waals surface area contributed by atoms with Gasteiger partial charge in [-0.1, -0.05) is 0 Å². The molecule has 2 aliphatic rings. The maximum atomic E-state index is 12.2. The van der Waals surface area contributed by atoms with Crippen LogP contribution in [0.5, 0.6) is 11.5 Å². The molecule has 1 amide bonds. The van der Waals surface area contributed by atoms with Gasteiger partial charge >= 0.3 is 5.97 Å². The fourth-order valence-electron chi connectivity index (χ4n) is 2.78. The van der Waals surface area contributed by atoms with Crippen LogP contribution in [0.3, 0.4) is 0 Å². The summed E-state index contributed by atoms with van der Waals surface area (Å²) in [6.45, 7) is 1.75. The number of nitrogens with zero attached hydrogens (tertiary/aromatic N) is 1. The molecule has 1 saturated heterocycles. The number of benzene rings is 1. The van der Waals surface area contributed by atoms with Gasteiger partial charge in [0.15, 0.2) is 17.2 Å². The van der Waals surface area contributed by atoms with Crippen molar-refractivity contribution in [3.05, 3.63) is 17.7 Å².